The van der Waals surface area contributed by atoms with Crippen LogP contribution in [0.3, 0.4) is 0 Å². The second-order valence-electron chi connectivity index (χ2n) is 7.01. The molecule has 3 aliphatic rings. The first-order chi connectivity index (χ1) is 9.22. The number of likely N-dealkylation sites (tertiary alicyclic amines) is 1. The lowest BCUT2D eigenvalue weighted by molar-refractivity contribution is -0.151. The molecule has 2 saturated heterocycles. The molecule has 3 atom stereocenters. The maximum Gasteiger partial charge on any atom is 0.0697 e. The minimum Gasteiger partial charge on any atom is -0.375 e. The van der Waals surface area contributed by atoms with Gasteiger partial charge in [-0.25, -0.2) is 0 Å². The first-order valence-corrected chi connectivity index (χ1v) is 8.28. The van der Waals surface area contributed by atoms with Gasteiger partial charge in [-0.3, -0.25) is 4.90 Å². The molecule has 110 valence electrons. The summed E-state index contributed by atoms with van der Waals surface area (Å²) in [7, 11) is 2.10. The number of hydrogen-bond donors (Lipinski definition) is 1. The van der Waals surface area contributed by atoms with Crippen LogP contribution in [0, 0.1) is 5.92 Å². The van der Waals surface area contributed by atoms with Gasteiger partial charge in [-0.15, -0.1) is 0 Å². The summed E-state index contributed by atoms with van der Waals surface area (Å²) in [5.41, 5.74) is 0.296. The Kier molecular flexibility index (Phi) is 4.16. The van der Waals surface area contributed by atoms with Gasteiger partial charge in [0.05, 0.1) is 5.60 Å². The van der Waals surface area contributed by atoms with Crippen LogP contribution in [0.1, 0.15) is 51.9 Å². The molecule has 3 rings (SSSR count). The summed E-state index contributed by atoms with van der Waals surface area (Å²) in [6, 6.07) is 1.45. The second-order valence-corrected chi connectivity index (χ2v) is 7.01. The summed E-state index contributed by atoms with van der Waals surface area (Å²) in [6.45, 7) is 5.94. The molecule has 1 spiro atoms. The SMILES string of the molecule is CNC(C)C1CCCN(C2CCOC3(CCC3)C2)C1. The fourth-order valence-corrected chi connectivity index (χ4v) is 4.25. The first-order valence-electron chi connectivity index (χ1n) is 8.28. The van der Waals surface area contributed by atoms with Crippen LogP contribution >= 0.6 is 0 Å². The van der Waals surface area contributed by atoms with E-state index in [1.165, 1.54) is 58.0 Å². The molecule has 3 heteroatoms. The van der Waals surface area contributed by atoms with Gasteiger partial charge in [0.2, 0.25) is 0 Å². The van der Waals surface area contributed by atoms with E-state index in [1.54, 1.807) is 0 Å². The van der Waals surface area contributed by atoms with Crippen molar-refractivity contribution >= 4 is 0 Å². The van der Waals surface area contributed by atoms with Gasteiger partial charge in [-0.05, 0) is 71.4 Å². The van der Waals surface area contributed by atoms with Gasteiger partial charge in [0.25, 0.3) is 0 Å². The Labute approximate surface area is 118 Å². The van der Waals surface area contributed by atoms with E-state index in [2.05, 4.69) is 24.2 Å². The van der Waals surface area contributed by atoms with Crippen LogP contribution in [0.25, 0.3) is 0 Å². The van der Waals surface area contributed by atoms with Crippen molar-refractivity contribution in [2.45, 2.75) is 69.6 Å². The summed E-state index contributed by atoms with van der Waals surface area (Å²) in [5, 5.41) is 3.45. The molecule has 0 bridgehead atoms. The normalized spacial score (nSPS) is 36.9. The van der Waals surface area contributed by atoms with E-state index in [-0.39, 0.29) is 0 Å². The lowest BCUT2D eigenvalue weighted by atomic mass is 9.73. The van der Waals surface area contributed by atoms with E-state index in [9.17, 15) is 0 Å². The van der Waals surface area contributed by atoms with E-state index >= 15 is 0 Å². The summed E-state index contributed by atoms with van der Waals surface area (Å²) >= 11 is 0. The Morgan fingerprint density at radius 1 is 1.26 bits per heavy atom. The maximum absolute atomic E-state index is 6.08. The Morgan fingerprint density at radius 2 is 2.11 bits per heavy atom. The molecular formula is C16H30N2O. The van der Waals surface area contributed by atoms with Gasteiger partial charge in [0, 0.05) is 25.2 Å². The largest absolute Gasteiger partial charge is 0.375 e. The Balaban J connectivity index is 1.58. The van der Waals surface area contributed by atoms with Gasteiger partial charge in [-0.2, -0.15) is 0 Å². The van der Waals surface area contributed by atoms with E-state index in [0.29, 0.717) is 11.6 Å². The fourth-order valence-electron chi connectivity index (χ4n) is 4.25. The van der Waals surface area contributed by atoms with Crippen LogP contribution in [0.5, 0.6) is 0 Å². The Hall–Kier alpha value is -0.120. The number of nitrogens with one attached hydrogen (secondary N) is 1. The highest BCUT2D eigenvalue weighted by Gasteiger charge is 2.44. The molecule has 2 heterocycles. The summed E-state index contributed by atoms with van der Waals surface area (Å²) in [4.78, 5) is 2.78. The molecule has 0 radical (unpaired) electrons. The van der Waals surface area contributed by atoms with Crippen LogP contribution in [0.4, 0.5) is 0 Å². The number of piperidine rings is 1. The van der Waals surface area contributed by atoms with E-state index < -0.39 is 0 Å². The predicted molar refractivity (Wildman–Crippen MR) is 78.4 cm³/mol. The molecule has 0 aromatic rings. The second kappa shape index (κ2) is 5.71. The third-order valence-electron chi connectivity index (χ3n) is 5.90. The number of nitrogens with zero attached hydrogens (tertiary/aromatic N) is 1. The lowest BCUT2D eigenvalue weighted by Crippen LogP contribution is -2.55. The third-order valence-corrected chi connectivity index (χ3v) is 5.90. The predicted octanol–water partition coefficient (Wildman–Crippen LogP) is 2.41. The molecule has 2 aliphatic heterocycles. The van der Waals surface area contributed by atoms with E-state index in [4.69, 9.17) is 4.74 Å². The molecular weight excluding hydrogens is 236 g/mol. The van der Waals surface area contributed by atoms with Crippen LogP contribution in [-0.4, -0.2) is 49.3 Å². The Bertz CT molecular complexity index is 303. The van der Waals surface area contributed by atoms with Gasteiger partial charge < -0.3 is 10.1 Å². The van der Waals surface area contributed by atoms with Crippen molar-refractivity contribution in [3.05, 3.63) is 0 Å². The first kappa shape index (κ1) is 13.8. The molecule has 19 heavy (non-hydrogen) atoms. The molecule has 3 fully saturated rings. The van der Waals surface area contributed by atoms with Crippen molar-refractivity contribution in [3.63, 3.8) is 0 Å². The Morgan fingerprint density at radius 3 is 2.79 bits per heavy atom. The lowest BCUT2D eigenvalue weighted by Gasteiger charge is -2.51. The highest BCUT2D eigenvalue weighted by atomic mass is 16.5. The molecule has 0 aromatic carbocycles. The summed E-state index contributed by atoms with van der Waals surface area (Å²) in [6.07, 6.45) is 9.33. The zero-order valence-corrected chi connectivity index (χ0v) is 12.7. The highest BCUT2D eigenvalue weighted by Crippen LogP contribution is 2.43. The van der Waals surface area contributed by atoms with Crippen molar-refractivity contribution in [3.8, 4) is 0 Å². The van der Waals surface area contributed by atoms with Crippen molar-refractivity contribution in [1.82, 2.24) is 10.2 Å². The zero-order chi connectivity index (χ0) is 13.3. The van der Waals surface area contributed by atoms with E-state index in [1.807, 2.05) is 0 Å². The number of ether oxygens (including phenoxy) is 1. The smallest absolute Gasteiger partial charge is 0.0697 e. The zero-order valence-electron chi connectivity index (χ0n) is 12.7. The van der Waals surface area contributed by atoms with Crippen molar-refractivity contribution < 1.29 is 4.74 Å². The molecule has 1 aliphatic carbocycles. The average Bonchev–Trinajstić information content (AvgIpc) is 2.45. The maximum atomic E-state index is 6.08. The van der Waals surface area contributed by atoms with Gasteiger partial charge in [-0.1, -0.05) is 0 Å². The molecule has 1 N–H and O–H groups in total. The van der Waals surface area contributed by atoms with Crippen LogP contribution in [0.2, 0.25) is 0 Å². The molecule has 3 nitrogen and oxygen atoms in total. The van der Waals surface area contributed by atoms with Crippen molar-refractivity contribution in [2.75, 3.05) is 26.7 Å². The van der Waals surface area contributed by atoms with Gasteiger partial charge >= 0.3 is 0 Å². The monoisotopic (exact) mass is 266 g/mol. The third kappa shape index (κ3) is 2.84. The quantitative estimate of drug-likeness (QED) is 0.849. The summed E-state index contributed by atoms with van der Waals surface area (Å²) < 4.78 is 6.08. The molecule has 3 unspecified atom stereocenters. The number of hydrogen-bond acceptors (Lipinski definition) is 3. The number of rotatable bonds is 3. The van der Waals surface area contributed by atoms with Crippen LogP contribution < -0.4 is 5.32 Å². The standard InChI is InChI=1S/C16H30N2O/c1-13(17-2)14-5-3-9-18(12-14)15-6-10-19-16(11-15)7-4-8-16/h13-15,17H,3-12H2,1-2H3. The average molecular weight is 266 g/mol. The van der Waals surface area contributed by atoms with Crippen LogP contribution in [-0.2, 0) is 4.74 Å². The topological polar surface area (TPSA) is 24.5 Å². The van der Waals surface area contributed by atoms with Crippen molar-refractivity contribution in [1.29, 1.82) is 0 Å². The van der Waals surface area contributed by atoms with Gasteiger partial charge in [0.15, 0.2) is 0 Å². The minimum absolute atomic E-state index is 0.296. The molecule has 0 aromatic heterocycles. The summed E-state index contributed by atoms with van der Waals surface area (Å²) in [5.74, 6) is 0.832. The fraction of sp³-hybridized carbons (Fsp3) is 1.00. The molecule has 1 saturated carbocycles. The van der Waals surface area contributed by atoms with Gasteiger partial charge in [0.1, 0.15) is 0 Å². The van der Waals surface area contributed by atoms with E-state index in [0.717, 1.165) is 18.6 Å². The van der Waals surface area contributed by atoms with Crippen molar-refractivity contribution in [2.24, 2.45) is 5.92 Å². The molecule has 0 amide bonds. The minimum atomic E-state index is 0.296. The highest BCUT2D eigenvalue weighted by molar-refractivity contribution is 4.97. The van der Waals surface area contributed by atoms with Crippen LogP contribution in [0.15, 0.2) is 0 Å².